The maximum atomic E-state index is 11.0. The van der Waals surface area contributed by atoms with Crippen LogP contribution >= 0.6 is 11.3 Å². The summed E-state index contributed by atoms with van der Waals surface area (Å²) in [5.41, 5.74) is 0. The number of carboxylic acid groups (broad SMARTS) is 1. The Morgan fingerprint density at radius 1 is 1.56 bits per heavy atom. The third kappa shape index (κ3) is 2.74. The molecule has 1 heterocycles. The highest BCUT2D eigenvalue weighted by molar-refractivity contribution is 7.14. The summed E-state index contributed by atoms with van der Waals surface area (Å²) in [4.78, 5) is 12.1. The van der Waals surface area contributed by atoms with Crippen molar-refractivity contribution >= 4 is 17.3 Å². The molecule has 0 bridgehead atoms. The molecule has 0 aliphatic heterocycles. The molecular formula is C11H13NO3S. The first-order valence-electron chi connectivity index (χ1n) is 4.89. The van der Waals surface area contributed by atoms with Gasteiger partial charge in [0.1, 0.15) is 11.8 Å². The summed E-state index contributed by atoms with van der Waals surface area (Å²) in [6, 6.07) is 3.61. The monoisotopic (exact) mass is 239 g/mol. The predicted molar refractivity (Wildman–Crippen MR) is 61.1 cm³/mol. The van der Waals surface area contributed by atoms with Gasteiger partial charge in [-0.3, -0.25) is 0 Å². The largest absolute Gasteiger partial charge is 0.477 e. The number of nitriles is 1. The fraction of sp³-hybridized carbons (Fsp3) is 0.455. The van der Waals surface area contributed by atoms with E-state index in [0.717, 1.165) is 4.88 Å². The Kier molecular flexibility index (Phi) is 3.91. The van der Waals surface area contributed by atoms with Gasteiger partial charge in [0.05, 0.1) is 0 Å². The van der Waals surface area contributed by atoms with Crippen LogP contribution in [-0.4, -0.2) is 17.2 Å². The molecule has 5 heteroatoms. The summed E-state index contributed by atoms with van der Waals surface area (Å²) in [7, 11) is 0. The lowest BCUT2D eigenvalue weighted by atomic mass is 10.2. The van der Waals surface area contributed by atoms with Crippen LogP contribution in [-0.2, 0) is 0 Å². The maximum Gasteiger partial charge on any atom is 0.349 e. The second-order valence-electron chi connectivity index (χ2n) is 3.69. The molecule has 0 amide bonds. The predicted octanol–water partition coefficient (Wildman–Crippen LogP) is 2.86. The number of carbonyl (C=O) groups is 1. The lowest BCUT2D eigenvalue weighted by Gasteiger charge is -2.05. The molecule has 0 aliphatic rings. The zero-order valence-corrected chi connectivity index (χ0v) is 10.2. The van der Waals surface area contributed by atoms with Gasteiger partial charge in [0.25, 0.3) is 0 Å². The Bertz CT molecular complexity index is 431. The van der Waals surface area contributed by atoms with E-state index >= 15 is 0 Å². The number of hydrogen-bond acceptors (Lipinski definition) is 4. The van der Waals surface area contributed by atoms with E-state index in [9.17, 15) is 4.79 Å². The summed E-state index contributed by atoms with van der Waals surface area (Å²) in [6.45, 7) is 5.54. The standard InChI is InChI=1S/C11H13NO3S/c1-6(2)9-4-8(15-7(3)5-12)10(16-9)11(13)14/h4,6-7H,1-3H3,(H,13,14). The molecule has 16 heavy (non-hydrogen) atoms. The van der Waals surface area contributed by atoms with E-state index in [1.165, 1.54) is 11.3 Å². The summed E-state index contributed by atoms with van der Waals surface area (Å²) < 4.78 is 5.26. The van der Waals surface area contributed by atoms with Crippen molar-refractivity contribution in [1.82, 2.24) is 0 Å². The van der Waals surface area contributed by atoms with Gasteiger partial charge in [0.15, 0.2) is 11.0 Å². The van der Waals surface area contributed by atoms with Crippen LogP contribution < -0.4 is 4.74 Å². The van der Waals surface area contributed by atoms with Gasteiger partial charge in [-0.15, -0.1) is 11.3 Å². The molecule has 1 atom stereocenters. The molecule has 1 rings (SSSR count). The molecule has 4 nitrogen and oxygen atoms in total. The molecule has 0 saturated carbocycles. The molecular weight excluding hydrogens is 226 g/mol. The van der Waals surface area contributed by atoms with Gasteiger partial charge in [0.2, 0.25) is 0 Å². The lowest BCUT2D eigenvalue weighted by molar-refractivity contribution is 0.0697. The van der Waals surface area contributed by atoms with Crippen LogP contribution in [0.1, 0.15) is 41.2 Å². The fourth-order valence-corrected chi connectivity index (χ4v) is 2.06. The molecule has 0 aliphatic carbocycles. The molecule has 0 fully saturated rings. The Hall–Kier alpha value is -1.54. The van der Waals surface area contributed by atoms with E-state index in [-0.39, 0.29) is 16.5 Å². The van der Waals surface area contributed by atoms with Crippen molar-refractivity contribution in [2.24, 2.45) is 0 Å². The van der Waals surface area contributed by atoms with Gasteiger partial charge in [-0.25, -0.2) is 4.79 Å². The smallest absolute Gasteiger partial charge is 0.349 e. The highest BCUT2D eigenvalue weighted by atomic mass is 32.1. The molecule has 86 valence electrons. The molecule has 0 saturated heterocycles. The van der Waals surface area contributed by atoms with Crippen LogP contribution in [0.3, 0.4) is 0 Å². The minimum Gasteiger partial charge on any atom is -0.477 e. The summed E-state index contributed by atoms with van der Waals surface area (Å²) in [5, 5.41) is 17.6. The topological polar surface area (TPSA) is 70.3 Å². The number of hydrogen-bond donors (Lipinski definition) is 1. The van der Waals surface area contributed by atoms with Crippen molar-refractivity contribution in [2.45, 2.75) is 32.8 Å². The number of aromatic carboxylic acids is 1. The minimum absolute atomic E-state index is 0.158. The van der Waals surface area contributed by atoms with E-state index in [0.29, 0.717) is 0 Å². The van der Waals surface area contributed by atoms with Crippen molar-refractivity contribution in [1.29, 1.82) is 5.26 Å². The molecule has 1 aromatic heterocycles. The molecule has 1 unspecified atom stereocenters. The van der Waals surface area contributed by atoms with Gasteiger partial charge in [-0.05, 0) is 18.9 Å². The first-order valence-corrected chi connectivity index (χ1v) is 5.70. The Morgan fingerprint density at radius 3 is 2.62 bits per heavy atom. The van der Waals surface area contributed by atoms with Gasteiger partial charge < -0.3 is 9.84 Å². The summed E-state index contributed by atoms with van der Waals surface area (Å²) in [6.07, 6.45) is -0.646. The van der Waals surface area contributed by atoms with Crippen LogP contribution in [0, 0.1) is 11.3 Å². The number of ether oxygens (including phenoxy) is 1. The zero-order valence-electron chi connectivity index (χ0n) is 9.35. The normalized spacial score (nSPS) is 12.2. The van der Waals surface area contributed by atoms with Gasteiger partial charge >= 0.3 is 5.97 Å². The summed E-state index contributed by atoms with van der Waals surface area (Å²) in [5.74, 6) is -0.481. The lowest BCUT2D eigenvalue weighted by Crippen LogP contribution is -2.09. The second kappa shape index (κ2) is 4.99. The Balaban J connectivity index is 3.06. The zero-order chi connectivity index (χ0) is 12.3. The molecule has 1 aromatic rings. The van der Waals surface area contributed by atoms with Crippen molar-refractivity contribution in [3.63, 3.8) is 0 Å². The van der Waals surface area contributed by atoms with Crippen molar-refractivity contribution in [3.05, 3.63) is 15.8 Å². The van der Waals surface area contributed by atoms with Crippen LogP contribution in [0.4, 0.5) is 0 Å². The molecule has 0 radical (unpaired) electrons. The summed E-state index contributed by atoms with van der Waals surface area (Å²) >= 11 is 1.19. The van der Waals surface area contributed by atoms with Crippen LogP contribution in [0.15, 0.2) is 6.07 Å². The van der Waals surface area contributed by atoms with E-state index in [2.05, 4.69) is 0 Å². The Morgan fingerprint density at radius 2 is 2.19 bits per heavy atom. The molecule has 1 N–H and O–H groups in total. The molecule has 0 spiro atoms. The second-order valence-corrected chi connectivity index (χ2v) is 4.77. The van der Waals surface area contributed by atoms with Crippen LogP contribution in [0.5, 0.6) is 5.75 Å². The number of nitrogens with zero attached hydrogens (tertiary/aromatic N) is 1. The first kappa shape index (κ1) is 12.5. The average molecular weight is 239 g/mol. The van der Waals surface area contributed by atoms with Gasteiger partial charge in [-0.2, -0.15) is 5.26 Å². The number of rotatable bonds is 4. The van der Waals surface area contributed by atoms with Crippen LogP contribution in [0.2, 0.25) is 0 Å². The fourth-order valence-electron chi connectivity index (χ4n) is 1.13. The van der Waals surface area contributed by atoms with Gasteiger partial charge in [0, 0.05) is 4.88 Å². The van der Waals surface area contributed by atoms with Crippen LogP contribution in [0.25, 0.3) is 0 Å². The molecule has 0 aromatic carbocycles. The van der Waals surface area contributed by atoms with E-state index < -0.39 is 12.1 Å². The SMILES string of the molecule is CC(C#N)Oc1cc(C(C)C)sc1C(=O)O. The highest BCUT2D eigenvalue weighted by Crippen LogP contribution is 2.34. The van der Waals surface area contributed by atoms with E-state index in [4.69, 9.17) is 15.1 Å². The van der Waals surface area contributed by atoms with E-state index in [1.54, 1.807) is 13.0 Å². The third-order valence-corrected chi connectivity index (χ3v) is 3.37. The average Bonchev–Trinajstić information content (AvgIpc) is 2.61. The quantitative estimate of drug-likeness (QED) is 0.877. The third-order valence-electron chi connectivity index (χ3n) is 1.97. The van der Waals surface area contributed by atoms with Crippen molar-refractivity contribution in [3.8, 4) is 11.8 Å². The Labute approximate surface area is 98.1 Å². The minimum atomic E-state index is -1.02. The van der Waals surface area contributed by atoms with Gasteiger partial charge in [-0.1, -0.05) is 13.8 Å². The van der Waals surface area contributed by atoms with E-state index in [1.807, 2.05) is 19.9 Å². The highest BCUT2D eigenvalue weighted by Gasteiger charge is 2.19. The maximum absolute atomic E-state index is 11.0. The van der Waals surface area contributed by atoms with Crippen molar-refractivity contribution in [2.75, 3.05) is 0 Å². The van der Waals surface area contributed by atoms with Crippen molar-refractivity contribution < 1.29 is 14.6 Å². The number of thiophene rings is 1. The number of carboxylic acids is 1. The first-order chi connectivity index (χ1) is 7.45.